The average molecular weight is 480 g/mol. The molecule has 1 N–H and O–H groups in total. The molecule has 192 valence electrons. The van der Waals surface area contributed by atoms with Crippen LogP contribution in [0, 0.1) is 16.9 Å². The van der Waals surface area contributed by atoms with Crippen molar-refractivity contribution in [3.63, 3.8) is 0 Å². The monoisotopic (exact) mass is 479 g/mol. The van der Waals surface area contributed by atoms with Gasteiger partial charge in [0.05, 0.1) is 25.9 Å². The van der Waals surface area contributed by atoms with Crippen LogP contribution < -0.4 is 5.32 Å². The molecule has 1 aliphatic carbocycles. The minimum atomic E-state index is -0.576. The van der Waals surface area contributed by atoms with Gasteiger partial charge in [0.2, 0.25) is 11.9 Å². The van der Waals surface area contributed by atoms with E-state index < -0.39 is 6.09 Å². The lowest BCUT2D eigenvalue weighted by Gasteiger charge is -2.30. The maximum absolute atomic E-state index is 12.8. The molecular weight excluding hydrogens is 438 g/mol. The first kappa shape index (κ1) is 27.9. The maximum atomic E-state index is 12.8. The molecule has 1 heterocycles. The van der Waals surface area contributed by atoms with Crippen LogP contribution in [0.25, 0.3) is 0 Å². The van der Waals surface area contributed by atoms with Gasteiger partial charge in [-0.15, -0.1) is 0 Å². The van der Waals surface area contributed by atoms with E-state index in [2.05, 4.69) is 16.5 Å². The summed E-state index contributed by atoms with van der Waals surface area (Å²) in [5, 5.41) is 12.2. The van der Waals surface area contributed by atoms with Crippen molar-refractivity contribution in [3.05, 3.63) is 0 Å². The van der Waals surface area contributed by atoms with Gasteiger partial charge in [0.25, 0.3) is 0 Å². The van der Waals surface area contributed by atoms with Crippen LogP contribution in [0.4, 0.5) is 4.79 Å². The predicted molar refractivity (Wildman–Crippen MR) is 128 cm³/mol. The highest BCUT2D eigenvalue weighted by Gasteiger charge is 2.31. The third-order valence-electron chi connectivity index (χ3n) is 6.04. The standard InChI is InChI=1S/C24H41N5O5/c1-19(2)33-15-16-34-23(31)27-22(28-11-13-32-14-12-28)26-10-9-24(3,4)17-21(30)29(18-25)20-7-5-6-8-20/h19-20H,5-17H2,1-4H3,(H,26,27,31). The van der Waals surface area contributed by atoms with Crippen molar-refractivity contribution < 1.29 is 23.8 Å². The lowest BCUT2D eigenvalue weighted by atomic mass is 9.85. The van der Waals surface area contributed by atoms with Crippen molar-refractivity contribution in [1.29, 1.82) is 5.26 Å². The number of morpholine rings is 1. The molecule has 2 fully saturated rings. The molecule has 0 aromatic heterocycles. The second kappa shape index (κ2) is 14.1. The Morgan fingerprint density at radius 3 is 2.53 bits per heavy atom. The number of alkyl carbamates (subject to hydrolysis) is 1. The molecule has 0 atom stereocenters. The molecule has 2 amide bonds. The summed E-state index contributed by atoms with van der Waals surface area (Å²) in [5.74, 6) is 0.326. The minimum absolute atomic E-state index is 0.0420. The van der Waals surface area contributed by atoms with Crippen molar-refractivity contribution in [2.24, 2.45) is 10.4 Å². The largest absolute Gasteiger partial charge is 0.447 e. The van der Waals surface area contributed by atoms with Crippen LogP contribution in [0.3, 0.4) is 0 Å². The number of ether oxygens (including phenoxy) is 3. The molecule has 0 aromatic carbocycles. The van der Waals surface area contributed by atoms with Crippen LogP contribution in [-0.4, -0.2) is 86.0 Å². The van der Waals surface area contributed by atoms with Crippen molar-refractivity contribution in [2.45, 2.75) is 78.4 Å². The number of hydrogen-bond donors (Lipinski definition) is 1. The molecule has 1 saturated carbocycles. The summed E-state index contributed by atoms with van der Waals surface area (Å²) in [6, 6.07) is 0.0420. The molecular formula is C24H41N5O5. The Morgan fingerprint density at radius 2 is 1.91 bits per heavy atom. The summed E-state index contributed by atoms with van der Waals surface area (Å²) < 4.78 is 16.0. The highest BCUT2D eigenvalue weighted by atomic mass is 16.6. The second-order valence-electron chi connectivity index (χ2n) is 9.88. The van der Waals surface area contributed by atoms with Crippen molar-refractivity contribution in [3.8, 4) is 6.19 Å². The highest BCUT2D eigenvalue weighted by Crippen LogP contribution is 2.29. The summed E-state index contributed by atoms with van der Waals surface area (Å²) in [6.45, 7) is 11.1. The third-order valence-corrected chi connectivity index (χ3v) is 6.04. The number of carbonyl (C=O) groups is 2. The number of nitriles is 1. The van der Waals surface area contributed by atoms with Crippen LogP contribution >= 0.6 is 0 Å². The van der Waals surface area contributed by atoms with E-state index in [1.807, 2.05) is 32.6 Å². The highest BCUT2D eigenvalue weighted by molar-refractivity contribution is 5.94. The Kier molecular flexibility index (Phi) is 11.6. The van der Waals surface area contributed by atoms with E-state index in [9.17, 15) is 14.9 Å². The van der Waals surface area contributed by atoms with Gasteiger partial charge < -0.3 is 19.1 Å². The van der Waals surface area contributed by atoms with Gasteiger partial charge in [-0.2, -0.15) is 5.26 Å². The molecule has 10 nitrogen and oxygen atoms in total. The normalized spacial score (nSPS) is 17.5. The lowest BCUT2D eigenvalue weighted by molar-refractivity contribution is -0.132. The molecule has 0 spiro atoms. The van der Waals surface area contributed by atoms with Crippen LogP contribution in [0.2, 0.25) is 0 Å². The summed E-state index contributed by atoms with van der Waals surface area (Å²) in [7, 11) is 0. The van der Waals surface area contributed by atoms with E-state index in [4.69, 9.17) is 14.2 Å². The zero-order valence-corrected chi connectivity index (χ0v) is 21.2. The molecule has 0 aromatic rings. The Labute approximate surface area is 203 Å². The number of carbonyl (C=O) groups excluding carboxylic acids is 2. The molecule has 10 heteroatoms. The molecule has 1 aliphatic heterocycles. The van der Waals surface area contributed by atoms with Gasteiger partial charge in [0.15, 0.2) is 6.19 Å². The first-order valence-electron chi connectivity index (χ1n) is 12.4. The van der Waals surface area contributed by atoms with Crippen molar-refractivity contribution >= 4 is 18.0 Å². The molecule has 0 unspecified atom stereocenters. The lowest BCUT2D eigenvalue weighted by Crippen LogP contribution is -2.49. The Morgan fingerprint density at radius 1 is 1.24 bits per heavy atom. The van der Waals surface area contributed by atoms with Crippen LogP contribution in [0.5, 0.6) is 0 Å². The SMILES string of the molecule is CC(C)OCCOC(=O)NC(=NCCC(C)(C)CC(=O)N(C#N)C1CCCC1)N1CCOCC1. The van der Waals surface area contributed by atoms with Crippen molar-refractivity contribution in [1.82, 2.24) is 15.1 Å². The van der Waals surface area contributed by atoms with Gasteiger partial charge in [-0.3, -0.25) is 15.1 Å². The van der Waals surface area contributed by atoms with Crippen LogP contribution in [0.15, 0.2) is 4.99 Å². The Hall–Kier alpha value is -2.38. The molecule has 2 aliphatic rings. The number of rotatable bonds is 10. The predicted octanol–water partition coefficient (Wildman–Crippen LogP) is 2.88. The van der Waals surface area contributed by atoms with E-state index in [1.165, 1.54) is 4.90 Å². The number of aliphatic imine (C=N–C) groups is 1. The van der Waals surface area contributed by atoms with E-state index >= 15 is 0 Å². The zero-order valence-electron chi connectivity index (χ0n) is 21.2. The number of guanidine groups is 1. The summed E-state index contributed by atoms with van der Waals surface area (Å²) in [4.78, 5) is 33.0. The number of hydrogen-bond acceptors (Lipinski definition) is 7. The fraction of sp³-hybridized carbons (Fsp3) is 0.833. The minimum Gasteiger partial charge on any atom is -0.447 e. The van der Waals surface area contributed by atoms with Crippen LogP contribution in [0.1, 0.15) is 66.2 Å². The number of nitrogens with one attached hydrogen (secondary N) is 1. The second-order valence-corrected chi connectivity index (χ2v) is 9.88. The van der Waals surface area contributed by atoms with E-state index in [0.717, 1.165) is 25.7 Å². The maximum Gasteiger partial charge on any atom is 0.414 e. The molecule has 1 saturated heterocycles. The fourth-order valence-electron chi connectivity index (χ4n) is 4.09. The van der Waals surface area contributed by atoms with Gasteiger partial charge in [0, 0.05) is 32.1 Å². The quantitative estimate of drug-likeness (QED) is 0.168. The molecule has 0 bridgehead atoms. The van der Waals surface area contributed by atoms with Crippen LogP contribution in [-0.2, 0) is 19.0 Å². The first-order valence-corrected chi connectivity index (χ1v) is 12.4. The molecule has 34 heavy (non-hydrogen) atoms. The van der Waals surface area contributed by atoms with Gasteiger partial charge in [-0.25, -0.2) is 9.69 Å². The molecule has 0 radical (unpaired) electrons. The number of nitrogens with zero attached hydrogens (tertiary/aromatic N) is 4. The molecule has 2 rings (SSSR count). The zero-order chi connectivity index (χ0) is 25.0. The van der Waals surface area contributed by atoms with Gasteiger partial charge in [0.1, 0.15) is 6.61 Å². The third kappa shape index (κ3) is 9.85. The first-order chi connectivity index (χ1) is 16.2. The fourth-order valence-corrected chi connectivity index (χ4v) is 4.09. The van der Waals surface area contributed by atoms with Gasteiger partial charge in [-0.05, 0) is 38.5 Å². The topological polar surface area (TPSA) is 116 Å². The summed E-state index contributed by atoms with van der Waals surface area (Å²) >= 11 is 0. The van der Waals surface area contributed by atoms with Gasteiger partial charge >= 0.3 is 6.09 Å². The summed E-state index contributed by atoms with van der Waals surface area (Å²) in [6.07, 6.45) is 6.45. The Balaban J connectivity index is 1.90. The number of amides is 2. The van der Waals surface area contributed by atoms with E-state index in [0.29, 0.717) is 51.8 Å². The summed E-state index contributed by atoms with van der Waals surface area (Å²) in [5.41, 5.74) is -0.334. The average Bonchev–Trinajstić information content (AvgIpc) is 3.31. The van der Waals surface area contributed by atoms with E-state index in [-0.39, 0.29) is 36.5 Å². The Bertz CT molecular complexity index is 722. The smallest absolute Gasteiger partial charge is 0.414 e. The van der Waals surface area contributed by atoms with E-state index in [1.54, 1.807) is 0 Å². The van der Waals surface area contributed by atoms with Gasteiger partial charge in [-0.1, -0.05) is 26.7 Å². The van der Waals surface area contributed by atoms with Crippen molar-refractivity contribution in [2.75, 3.05) is 46.1 Å².